The van der Waals surface area contributed by atoms with Crippen LogP contribution in [0.1, 0.15) is 63.9 Å². The quantitative estimate of drug-likeness (QED) is 0.757. The van der Waals surface area contributed by atoms with Crippen LogP contribution >= 0.6 is 0 Å². The normalized spacial score (nSPS) is 35.1. The monoisotopic (exact) mass is 334 g/mol. The van der Waals surface area contributed by atoms with Gasteiger partial charge in [0.25, 0.3) is 0 Å². The second-order valence-electron chi connectivity index (χ2n) is 7.06. The Morgan fingerprint density at radius 2 is 1.17 bits per heavy atom. The van der Waals surface area contributed by atoms with Crippen molar-refractivity contribution in [3.8, 4) is 11.5 Å². The summed E-state index contributed by atoms with van der Waals surface area (Å²) in [7, 11) is 3.44. The first-order valence-electron chi connectivity index (χ1n) is 9.12. The first-order chi connectivity index (χ1) is 11.5. The van der Waals surface area contributed by atoms with Crippen LogP contribution in [-0.2, 0) is 9.47 Å². The van der Waals surface area contributed by atoms with Crippen LogP contribution in [0.5, 0.6) is 11.5 Å². The van der Waals surface area contributed by atoms with Crippen molar-refractivity contribution in [2.24, 2.45) is 11.8 Å². The molecule has 6 atom stereocenters. The van der Waals surface area contributed by atoms with Gasteiger partial charge in [0.2, 0.25) is 0 Å². The fraction of sp³-hybridized carbons (Fsp3) is 0.700. The van der Waals surface area contributed by atoms with Crippen LogP contribution in [0.15, 0.2) is 12.1 Å². The molecule has 0 aromatic heterocycles. The molecule has 1 aromatic rings. The van der Waals surface area contributed by atoms with Crippen LogP contribution in [-0.4, -0.2) is 26.4 Å². The standard InChI is InChI=1S/C20H30O4/c1-7-15-11(3)19(23-15)13-9-18(22-6)14(10-17(13)21-5)20-12(4)16(8-2)24-20/h9-12,15-16,19-20H,7-8H2,1-6H3. The summed E-state index contributed by atoms with van der Waals surface area (Å²) in [6.45, 7) is 8.81. The van der Waals surface area contributed by atoms with Gasteiger partial charge in [-0.3, -0.25) is 0 Å². The van der Waals surface area contributed by atoms with E-state index >= 15 is 0 Å². The molecule has 6 unspecified atom stereocenters. The van der Waals surface area contributed by atoms with Gasteiger partial charge in [0.1, 0.15) is 11.5 Å². The summed E-state index contributed by atoms with van der Waals surface area (Å²) in [6.07, 6.45) is 2.92. The van der Waals surface area contributed by atoms with Crippen molar-refractivity contribution in [1.29, 1.82) is 0 Å². The molecule has 0 saturated carbocycles. The summed E-state index contributed by atoms with van der Waals surface area (Å²) in [5, 5.41) is 0. The molecule has 0 amide bonds. The molecule has 0 radical (unpaired) electrons. The van der Waals surface area contributed by atoms with Gasteiger partial charge in [0.15, 0.2) is 0 Å². The second-order valence-corrected chi connectivity index (χ2v) is 7.06. The minimum Gasteiger partial charge on any atom is -0.496 e. The summed E-state index contributed by atoms with van der Waals surface area (Å²) in [4.78, 5) is 0. The van der Waals surface area contributed by atoms with Gasteiger partial charge in [-0.15, -0.1) is 0 Å². The fourth-order valence-corrected chi connectivity index (χ4v) is 4.12. The third kappa shape index (κ3) is 2.70. The number of rotatable bonds is 6. The summed E-state index contributed by atoms with van der Waals surface area (Å²) in [6, 6.07) is 4.16. The Hall–Kier alpha value is -1.26. The molecule has 0 N–H and O–H groups in total. The highest BCUT2D eigenvalue weighted by Gasteiger charge is 2.43. The molecule has 1 aromatic carbocycles. The lowest BCUT2D eigenvalue weighted by molar-refractivity contribution is -0.183. The van der Waals surface area contributed by atoms with Gasteiger partial charge in [-0.1, -0.05) is 27.7 Å². The smallest absolute Gasteiger partial charge is 0.125 e. The zero-order chi connectivity index (χ0) is 17.4. The van der Waals surface area contributed by atoms with Crippen LogP contribution in [0.25, 0.3) is 0 Å². The van der Waals surface area contributed by atoms with Crippen molar-refractivity contribution in [1.82, 2.24) is 0 Å². The molecule has 0 bridgehead atoms. The SMILES string of the molecule is CCC1OC(c2cc(OC)c(C3OC(CC)C3C)cc2OC)C1C. The summed E-state index contributed by atoms with van der Waals surface area (Å²) in [5.41, 5.74) is 2.16. The van der Waals surface area contributed by atoms with E-state index in [9.17, 15) is 0 Å². The maximum Gasteiger partial charge on any atom is 0.125 e. The first-order valence-corrected chi connectivity index (χ1v) is 9.12. The molecule has 24 heavy (non-hydrogen) atoms. The van der Waals surface area contributed by atoms with E-state index in [1.165, 1.54) is 0 Å². The molecular formula is C20H30O4. The van der Waals surface area contributed by atoms with Gasteiger partial charge in [0.05, 0.1) is 38.6 Å². The minimum atomic E-state index is 0.0796. The summed E-state index contributed by atoms with van der Waals surface area (Å²) >= 11 is 0. The van der Waals surface area contributed by atoms with E-state index in [2.05, 4.69) is 39.8 Å². The first kappa shape index (κ1) is 17.6. The Balaban J connectivity index is 1.90. The number of benzene rings is 1. The van der Waals surface area contributed by atoms with E-state index in [-0.39, 0.29) is 12.2 Å². The van der Waals surface area contributed by atoms with Gasteiger partial charge < -0.3 is 18.9 Å². The lowest BCUT2D eigenvalue weighted by Crippen LogP contribution is -2.41. The molecule has 0 spiro atoms. The number of ether oxygens (including phenoxy) is 4. The van der Waals surface area contributed by atoms with E-state index in [1.807, 2.05) is 0 Å². The van der Waals surface area contributed by atoms with Gasteiger partial charge in [-0.2, -0.15) is 0 Å². The Kier molecular flexibility index (Phi) is 5.07. The van der Waals surface area contributed by atoms with Gasteiger partial charge in [-0.25, -0.2) is 0 Å². The number of hydrogen-bond donors (Lipinski definition) is 0. The average molecular weight is 334 g/mol. The molecule has 2 saturated heterocycles. The lowest BCUT2D eigenvalue weighted by Gasteiger charge is -2.45. The topological polar surface area (TPSA) is 36.9 Å². The zero-order valence-electron chi connectivity index (χ0n) is 15.7. The highest BCUT2D eigenvalue weighted by atomic mass is 16.5. The molecule has 2 aliphatic heterocycles. The van der Waals surface area contributed by atoms with Crippen LogP contribution in [0.4, 0.5) is 0 Å². The Bertz CT molecular complexity index is 533. The highest BCUT2D eigenvalue weighted by Crippen LogP contribution is 2.50. The van der Waals surface area contributed by atoms with Crippen LogP contribution in [0.2, 0.25) is 0 Å². The van der Waals surface area contributed by atoms with E-state index in [4.69, 9.17) is 18.9 Å². The largest absolute Gasteiger partial charge is 0.496 e. The molecule has 0 aliphatic carbocycles. The molecule has 2 aliphatic rings. The number of hydrogen-bond acceptors (Lipinski definition) is 4. The van der Waals surface area contributed by atoms with Gasteiger partial charge >= 0.3 is 0 Å². The molecular weight excluding hydrogens is 304 g/mol. The van der Waals surface area contributed by atoms with E-state index in [0.717, 1.165) is 35.5 Å². The third-order valence-corrected chi connectivity index (χ3v) is 5.77. The van der Waals surface area contributed by atoms with Gasteiger partial charge in [-0.05, 0) is 25.0 Å². The summed E-state index contributed by atoms with van der Waals surface area (Å²) < 4.78 is 23.5. The highest BCUT2D eigenvalue weighted by molar-refractivity contribution is 5.50. The molecule has 2 fully saturated rings. The fourth-order valence-electron chi connectivity index (χ4n) is 4.12. The van der Waals surface area contributed by atoms with E-state index in [1.54, 1.807) is 14.2 Å². The van der Waals surface area contributed by atoms with Crippen LogP contribution < -0.4 is 9.47 Å². The van der Waals surface area contributed by atoms with Gasteiger partial charge in [0, 0.05) is 23.0 Å². The van der Waals surface area contributed by atoms with E-state index < -0.39 is 0 Å². The van der Waals surface area contributed by atoms with Crippen molar-refractivity contribution in [3.63, 3.8) is 0 Å². The predicted octanol–water partition coefficient (Wildman–Crippen LogP) is 4.68. The Morgan fingerprint density at radius 3 is 1.42 bits per heavy atom. The van der Waals surface area contributed by atoms with Crippen LogP contribution in [0, 0.1) is 11.8 Å². The molecule has 2 heterocycles. The Labute approximate surface area is 145 Å². The molecule has 4 heteroatoms. The number of methoxy groups -OCH3 is 2. The van der Waals surface area contributed by atoms with Crippen molar-refractivity contribution in [2.45, 2.75) is 65.0 Å². The summed E-state index contributed by atoms with van der Waals surface area (Å²) in [5.74, 6) is 2.71. The minimum absolute atomic E-state index is 0.0796. The molecule has 134 valence electrons. The van der Waals surface area contributed by atoms with Crippen molar-refractivity contribution in [2.75, 3.05) is 14.2 Å². The Morgan fingerprint density at radius 1 is 0.792 bits per heavy atom. The molecule has 4 nitrogen and oxygen atoms in total. The zero-order valence-corrected chi connectivity index (χ0v) is 15.7. The predicted molar refractivity (Wildman–Crippen MR) is 93.7 cm³/mol. The lowest BCUT2D eigenvalue weighted by atomic mass is 9.81. The maximum atomic E-state index is 6.06. The molecule has 3 rings (SSSR count). The maximum absolute atomic E-state index is 6.06. The van der Waals surface area contributed by atoms with Crippen molar-refractivity contribution >= 4 is 0 Å². The second kappa shape index (κ2) is 6.93. The average Bonchev–Trinajstić information content (AvgIpc) is 2.60. The van der Waals surface area contributed by atoms with Crippen LogP contribution in [0.3, 0.4) is 0 Å². The van der Waals surface area contributed by atoms with Crippen molar-refractivity contribution < 1.29 is 18.9 Å². The third-order valence-electron chi connectivity index (χ3n) is 5.77. The van der Waals surface area contributed by atoms with Crippen molar-refractivity contribution in [3.05, 3.63) is 23.3 Å². The van der Waals surface area contributed by atoms with E-state index in [0.29, 0.717) is 24.0 Å².